The highest BCUT2D eigenvalue weighted by Crippen LogP contribution is 2.26. The Kier molecular flexibility index (Phi) is 6.16. The van der Waals surface area contributed by atoms with Crippen LogP contribution in [0, 0.1) is 32.6 Å². The molecule has 0 saturated carbocycles. The summed E-state index contributed by atoms with van der Waals surface area (Å²) in [5.74, 6) is 8.11. The molecule has 0 spiro atoms. The molecular weight excluding hydrogens is 400 g/mol. The third-order valence-corrected chi connectivity index (χ3v) is 5.66. The summed E-state index contributed by atoms with van der Waals surface area (Å²) in [5, 5.41) is 3.79. The third kappa shape index (κ3) is 4.56. The Balaban J connectivity index is 1.58. The average Bonchev–Trinajstić information content (AvgIpc) is 3.18. The molecular formula is C21H22N6O2S. The summed E-state index contributed by atoms with van der Waals surface area (Å²) in [6.07, 6.45) is 5.05. The first kappa shape index (κ1) is 20.2. The molecule has 0 aliphatic carbocycles. The Morgan fingerprint density at radius 3 is 2.63 bits per heavy atom. The van der Waals surface area contributed by atoms with Crippen LogP contribution >= 0.6 is 11.9 Å². The van der Waals surface area contributed by atoms with Crippen LogP contribution in [0.5, 0.6) is 0 Å². The number of pyridine rings is 1. The summed E-state index contributed by atoms with van der Waals surface area (Å²) in [5.41, 5.74) is 4.28. The van der Waals surface area contributed by atoms with Crippen molar-refractivity contribution in [3.8, 4) is 11.8 Å². The molecule has 0 atom stereocenters. The van der Waals surface area contributed by atoms with Crippen molar-refractivity contribution >= 4 is 23.5 Å². The minimum Gasteiger partial charge on any atom is -0.378 e. The highest BCUT2D eigenvalue weighted by molar-refractivity contribution is 8.00. The number of nitrogens with one attached hydrogen (secondary N) is 1. The van der Waals surface area contributed by atoms with Crippen LogP contribution in [0.4, 0.5) is 11.5 Å². The van der Waals surface area contributed by atoms with Gasteiger partial charge < -0.3 is 18.9 Å². The summed E-state index contributed by atoms with van der Waals surface area (Å²) in [4.78, 5) is 16.4. The standard InChI is InChI=1S/C21H22N6O2S/c1-14-18(21(24-13-23-14)27-6-8-28-9-7-27)5-4-17-10-19(15(2)22-11-17)26-30-20-12-25-29-16(20)3/h10-13,26H,6-9H2,1-3H3. The molecule has 3 aromatic rings. The van der Waals surface area contributed by atoms with Gasteiger partial charge in [-0.2, -0.15) is 0 Å². The van der Waals surface area contributed by atoms with E-state index in [2.05, 4.69) is 41.6 Å². The number of ether oxygens (including phenoxy) is 1. The number of nitrogens with zero attached hydrogens (tertiary/aromatic N) is 5. The number of hydrogen-bond acceptors (Lipinski definition) is 9. The summed E-state index contributed by atoms with van der Waals surface area (Å²) < 4.78 is 13.9. The van der Waals surface area contributed by atoms with Crippen LogP contribution in [-0.4, -0.2) is 46.4 Å². The molecule has 4 rings (SSSR count). The minimum absolute atomic E-state index is 0.691. The molecule has 1 aliphatic rings. The van der Waals surface area contributed by atoms with E-state index < -0.39 is 0 Å². The average molecular weight is 423 g/mol. The van der Waals surface area contributed by atoms with Gasteiger partial charge in [0.25, 0.3) is 0 Å². The van der Waals surface area contributed by atoms with Gasteiger partial charge in [-0.15, -0.1) is 0 Å². The molecule has 0 bridgehead atoms. The van der Waals surface area contributed by atoms with E-state index in [4.69, 9.17) is 9.26 Å². The summed E-state index contributed by atoms with van der Waals surface area (Å²) in [6.45, 7) is 8.75. The van der Waals surface area contributed by atoms with Gasteiger partial charge in [-0.25, -0.2) is 9.97 Å². The van der Waals surface area contributed by atoms with E-state index in [-0.39, 0.29) is 0 Å². The fraction of sp³-hybridized carbons (Fsp3) is 0.333. The molecule has 1 aliphatic heterocycles. The predicted molar refractivity (Wildman–Crippen MR) is 115 cm³/mol. The van der Waals surface area contributed by atoms with Crippen molar-refractivity contribution in [3.63, 3.8) is 0 Å². The Labute approximate surface area is 179 Å². The Morgan fingerprint density at radius 2 is 1.87 bits per heavy atom. The Hall–Kier alpha value is -3.09. The molecule has 1 N–H and O–H groups in total. The zero-order valence-corrected chi connectivity index (χ0v) is 17.9. The molecule has 4 heterocycles. The maximum Gasteiger partial charge on any atom is 0.148 e. The van der Waals surface area contributed by atoms with E-state index in [1.807, 2.05) is 26.8 Å². The van der Waals surface area contributed by atoms with Gasteiger partial charge in [-0.3, -0.25) is 4.98 Å². The van der Waals surface area contributed by atoms with Gasteiger partial charge >= 0.3 is 0 Å². The van der Waals surface area contributed by atoms with Crippen LogP contribution in [0.1, 0.15) is 28.3 Å². The zero-order chi connectivity index (χ0) is 20.9. The van der Waals surface area contributed by atoms with Gasteiger partial charge in [-0.1, -0.05) is 17.0 Å². The first-order chi connectivity index (χ1) is 14.6. The molecule has 0 radical (unpaired) electrons. The highest BCUT2D eigenvalue weighted by atomic mass is 32.2. The maximum atomic E-state index is 5.45. The van der Waals surface area contributed by atoms with Crippen molar-refractivity contribution in [2.75, 3.05) is 35.9 Å². The van der Waals surface area contributed by atoms with Crippen molar-refractivity contribution in [3.05, 3.63) is 53.1 Å². The van der Waals surface area contributed by atoms with Gasteiger partial charge in [0.2, 0.25) is 0 Å². The Bertz CT molecular complexity index is 1100. The number of rotatable bonds is 4. The first-order valence-corrected chi connectivity index (χ1v) is 10.4. The zero-order valence-electron chi connectivity index (χ0n) is 17.1. The van der Waals surface area contributed by atoms with Crippen LogP contribution in [0.15, 0.2) is 34.2 Å². The quantitative estimate of drug-likeness (QED) is 0.503. The molecule has 0 amide bonds. The molecule has 1 fully saturated rings. The highest BCUT2D eigenvalue weighted by Gasteiger charge is 2.17. The van der Waals surface area contributed by atoms with Gasteiger partial charge in [0, 0.05) is 24.8 Å². The summed E-state index contributed by atoms with van der Waals surface area (Å²) in [7, 11) is 0. The smallest absolute Gasteiger partial charge is 0.148 e. The van der Waals surface area contributed by atoms with Crippen LogP contribution in [0.3, 0.4) is 0 Å². The van der Waals surface area contributed by atoms with Crippen LogP contribution in [0.25, 0.3) is 0 Å². The van der Waals surface area contributed by atoms with E-state index in [0.29, 0.717) is 13.2 Å². The lowest BCUT2D eigenvalue weighted by atomic mass is 10.1. The molecule has 8 nitrogen and oxygen atoms in total. The molecule has 9 heteroatoms. The maximum absolute atomic E-state index is 5.45. The monoisotopic (exact) mass is 422 g/mol. The van der Waals surface area contributed by atoms with Gasteiger partial charge in [0.15, 0.2) is 0 Å². The van der Waals surface area contributed by atoms with E-state index in [1.54, 1.807) is 18.7 Å². The van der Waals surface area contributed by atoms with Crippen molar-refractivity contribution in [2.45, 2.75) is 25.7 Å². The fourth-order valence-electron chi connectivity index (χ4n) is 2.96. The normalized spacial score (nSPS) is 13.6. The van der Waals surface area contributed by atoms with Crippen molar-refractivity contribution in [1.82, 2.24) is 20.1 Å². The van der Waals surface area contributed by atoms with Gasteiger partial charge in [0.05, 0.1) is 46.9 Å². The molecule has 0 aromatic carbocycles. The predicted octanol–water partition coefficient (Wildman–Crippen LogP) is 3.14. The summed E-state index contributed by atoms with van der Waals surface area (Å²) >= 11 is 1.43. The largest absolute Gasteiger partial charge is 0.378 e. The second-order valence-electron chi connectivity index (χ2n) is 6.81. The SMILES string of the molecule is Cc1ncc(C#Cc2c(C)ncnc2N2CCOCC2)cc1NSc1cnoc1C. The lowest BCUT2D eigenvalue weighted by Crippen LogP contribution is -2.37. The number of hydrogen-bond donors (Lipinski definition) is 1. The number of aryl methyl sites for hydroxylation is 3. The molecule has 154 valence electrons. The topological polar surface area (TPSA) is 89.2 Å². The third-order valence-electron chi connectivity index (χ3n) is 4.72. The fourth-order valence-corrected chi connectivity index (χ4v) is 3.66. The second kappa shape index (κ2) is 9.15. The van der Waals surface area contributed by atoms with E-state index in [0.717, 1.165) is 57.8 Å². The van der Waals surface area contributed by atoms with E-state index >= 15 is 0 Å². The second-order valence-corrected chi connectivity index (χ2v) is 7.66. The lowest BCUT2D eigenvalue weighted by Gasteiger charge is -2.28. The van der Waals surface area contributed by atoms with E-state index in [1.165, 1.54) is 11.9 Å². The molecule has 0 unspecified atom stereocenters. The van der Waals surface area contributed by atoms with Gasteiger partial charge in [-0.05, 0) is 38.8 Å². The van der Waals surface area contributed by atoms with Crippen LogP contribution in [-0.2, 0) is 4.74 Å². The van der Waals surface area contributed by atoms with Crippen molar-refractivity contribution in [1.29, 1.82) is 0 Å². The van der Waals surface area contributed by atoms with Crippen LogP contribution < -0.4 is 9.62 Å². The summed E-state index contributed by atoms with van der Waals surface area (Å²) in [6, 6.07) is 1.98. The van der Waals surface area contributed by atoms with E-state index in [9.17, 15) is 0 Å². The lowest BCUT2D eigenvalue weighted by molar-refractivity contribution is 0.122. The van der Waals surface area contributed by atoms with Crippen molar-refractivity contribution in [2.24, 2.45) is 0 Å². The molecule has 30 heavy (non-hydrogen) atoms. The number of aromatic nitrogens is 4. The number of morpholine rings is 1. The minimum atomic E-state index is 0.691. The molecule has 3 aromatic heterocycles. The Morgan fingerprint density at radius 1 is 1.03 bits per heavy atom. The first-order valence-electron chi connectivity index (χ1n) is 9.59. The van der Waals surface area contributed by atoms with Crippen molar-refractivity contribution < 1.29 is 9.26 Å². The number of anilines is 2. The van der Waals surface area contributed by atoms with Crippen LogP contribution in [0.2, 0.25) is 0 Å². The van der Waals surface area contributed by atoms with Gasteiger partial charge in [0.1, 0.15) is 17.9 Å². The molecule has 1 saturated heterocycles.